The number of ether oxygens (including phenoxy) is 1. The first-order valence-electron chi connectivity index (χ1n) is 9.88. The number of fused-ring (bicyclic) bond motifs is 1. The van der Waals surface area contributed by atoms with Gasteiger partial charge >= 0.3 is 0 Å². The minimum atomic E-state index is -1.79. The predicted octanol–water partition coefficient (Wildman–Crippen LogP) is 5.40. The molecule has 0 spiro atoms. The summed E-state index contributed by atoms with van der Waals surface area (Å²) in [5.74, 6) is 0.295. The number of carbonyl (C=O) groups excluding carboxylic acids is 1. The van der Waals surface area contributed by atoms with Crippen molar-refractivity contribution < 1.29 is 14.0 Å². The Balaban J connectivity index is 1.77. The second-order valence-electron chi connectivity index (χ2n) is 9.29. The zero-order chi connectivity index (χ0) is 19.7. The quantitative estimate of drug-likeness (QED) is 0.638. The third-order valence-corrected chi connectivity index (χ3v) is 11.0. The summed E-state index contributed by atoms with van der Waals surface area (Å²) in [5, 5.41) is 0.192. The van der Waals surface area contributed by atoms with Crippen molar-refractivity contribution in [2.24, 2.45) is 5.92 Å². The highest BCUT2D eigenvalue weighted by atomic mass is 28.4. The molecule has 3 nitrogen and oxygen atoms in total. The van der Waals surface area contributed by atoms with Gasteiger partial charge in [-0.25, -0.2) is 0 Å². The smallest absolute Gasteiger partial charge is 0.191 e. The summed E-state index contributed by atoms with van der Waals surface area (Å²) in [4.78, 5) is 12.1. The van der Waals surface area contributed by atoms with E-state index in [0.717, 1.165) is 12.0 Å². The van der Waals surface area contributed by atoms with Gasteiger partial charge in [-0.05, 0) is 41.4 Å². The van der Waals surface area contributed by atoms with Gasteiger partial charge in [0.25, 0.3) is 0 Å². The molecule has 3 rings (SSSR count). The van der Waals surface area contributed by atoms with Gasteiger partial charge in [-0.2, -0.15) is 0 Å². The predicted molar refractivity (Wildman–Crippen MR) is 113 cm³/mol. The Hall–Kier alpha value is -1.49. The van der Waals surface area contributed by atoms with Crippen LogP contribution in [0.25, 0.3) is 6.08 Å². The molecule has 0 aromatic heterocycles. The second-order valence-corrected chi connectivity index (χ2v) is 14.1. The number of hydrogen-bond acceptors (Lipinski definition) is 3. The lowest BCUT2D eigenvalue weighted by atomic mass is 9.75. The van der Waals surface area contributed by atoms with Crippen LogP contribution in [0.1, 0.15) is 39.2 Å². The van der Waals surface area contributed by atoms with Gasteiger partial charge in [0.05, 0.1) is 12.2 Å². The standard InChI is InChI=1S/C23H32O3Si/c1-22(2,3)27(4,5)26-14-13-23-12-11-20(24)16-21(23)19(17-25-23)15-18-9-7-6-8-10-18/h6-12,15,21H,13-14,16-17H2,1-5H3/b19-15+/t21-,23+/m0/s1. The molecule has 0 N–H and O–H groups in total. The van der Waals surface area contributed by atoms with E-state index in [1.807, 2.05) is 24.3 Å². The molecule has 146 valence electrons. The third-order valence-electron chi connectivity index (χ3n) is 6.42. The van der Waals surface area contributed by atoms with E-state index in [1.165, 1.54) is 5.57 Å². The Morgan fingerprint density at radius 1 is 1.26 bits per heavy atom. The minimum absolute atomic E-state index is 0.109. The lowest BCUT2D eigenvalue weighted by molar-refractivity contribution is -0.117. The molecular weight excluding hydrogens is 352 g/mol. The summed E-state index contributed by atoms with van der Waals surface area (Å²) in [6.07, 6.45) is 7.20. The van der Waals surface area contributed by atoms with Gasteiger partial charge in [0.15, 0.2) is 14.1 Å². The molecule has 0 bridgehead atoms. The van der Waals surface area contributed by atoms with Crippen LogP contribution in [-0.4, -0.2) is 32.9 Å². The Morgan fingerprint density at radius 3 is 2.63 bits per heavy atom. The molecule has 1 saturated heterocycles. The van der Waals surface area contributed by atoms with E-state index in [4.69, 9.17) is 9.16 Å². The Bertz CT molecular complexity index is 743. The summed E-state index contributed by atoms with van der Waals surface area (Å²) in [7, 11) is -1.79. The van der Waals surface area contributed by atoms with Gasteiger partial charge in [0.1, 0.15) is 0 Å². The van der Waals surface area contributed by atoms with Gasteiger partial charge < -0.3 is 9.16 Å². The van der Waals surface area contributed by atoms with Crippen LogP contribution < -0.4 is 0 Å². The van der Waals surface area contributed by atoms with Crippen LogP contribution in [0.15, 0.2) is 48.1 Å². The highest BCUT2D eigenvalue weighted by molar-refractivity contribution is 6.74. The lowest BCUT2D eigenvalue weighted by Crippen LogP contribution is -2.44. The summed E-state index contributed by atoms with van der Waals surface area (Å²) in [5.41, 5.74) is 1.97. The van der Waals surface area contributed by atoms with E-state index < -0.39 is 13.9 Å². The molecule has 1 aliphatic carbocycles. The normalized spacial score (nSPS) is 27.2. The number of rotatable bonds is 5. The Kier molecular flexibility index (Phi) is 5.62. The van der Waals surface area contributed by atoms with E-state index in [1.54, 1.807) is 6.08 Å². The molecule has 1 heterocycles. The fourth-order valence-electron chi connectivity index (χ4n) is 3.62. The molecule has 1 aromatic rings. The summed E-state index contributed by atoms with van der Waals surface area (Å²) < 4.78 is 12.7. The first-order chi connectivity index (χ1) is 12.6. The minimum Gasteiger partial charge on any atom is -0.417 e. The molecule has 1 aliphatic heterocycles. The van der Waals surface area contributed by atoms with Crippen molar-refractivity contribution in [2.45, 2.75) is 57.3 Å². The second kappa shape index (κ2) is 7.49. The molecule has 1 fully saturated rings. The number of carbonyl (C=O) groups is 1. The molecular formula is C23H32O3Si. The third kappa shape index (κ3) is 4.34. The van der Waals surface area contributed by atoms with Gasteiger partial charge in [0.2, 0.25) is 0 Å². The highest BCUT2D eigenvalue weighted by Crippen LogP contribution is 2.45. The molecule has 4 heteroatoms. The molecule has 0 saturated carbocycles. The first kappa shape index (κ1) is 20.2. The topological polar surface area (TPSA) is 35.5 Å². The zero-order valence-electron chi connectivity index (χ0n) is 17.2. The largest absolute Gasteiger partial charge is 0.417 e. The average Bonchev–Trinajstić information content (AvgIpc) is 2.93. The van der Waals surface area contributed by atoms with Crippen molar-refractivity contribution in [2.75, 3.05) is 13.2 Å². The van der Waals surface area contributed by atoms with Crippen molar-refractivity contribution in [3.05, 3.63) is 53.6 Å². The summed E-state index contributed by atoms with van der Waals surface area (Å²) in [6.45, 7) is 12.6. The van der Waals surface area contributed by atoms with E-state index in [2.05, 4.69) is 52.1 Å². The maximum absolute atomic E-state index is 12.1. The van der Waals surface area contributed by atoms with Crippen LogP contribution in [0.4, 0.5) is 0 Å². The molecule has 1 aromatic carbocycles. The van der Waals surface area contributed by atoms with Gasteiger partial charge in [-0.3, -0.25) is 4.79 Å². The summed E-state index contributed by atoms with van der Waals surface area (Å²) >= 11 is 0. The van der Waals surface area contributed by atoms with Crippen molar-refractivity contribution in [3.63, 3.8) is 0 Å². The van der Waals surface area contributed by atoms with E-state index in [-0.39, 0.29) is 16.7 Å². The number of ketones is 1. The maximum atomic E-state index is 12.1. The van der Waals surface area contributed by atoms with Gasteiger partial charge in [-0.1, -0.05) is 57.2 Å². The maximum Gasteiger partial charge on any atom is 0.191 e. The molecule has 2 aliphatic rings. The van der Waals surface area contributed by atoms with Gasteiger partial charge in [0, 0.05) is 25.4 Å². The van der Waals surface area contributed by atoms with Crippen molar-refractivity contribution in [1.82, 2.24) is 0 Å². The lowest BCUT2D eigenvalue weighted by Gasteiger charge is -2.39. The number of hydrogen-bond donors (Lipinski definition) is 0. The number of benzene rings is 1. The van der Waals surface area contributed by atoms with Crippen LogP contribution >= 0.6 is 0 Å². The van der Waals surface area contributed by atoms with Crippen LogP contribution in [-0.2, 0) is 14.0 Å². The molecule has 0 amide bonds. The molecule has 0 unspecified atom stereocenters. The Morgan fingerprint density at radius 2 is 1.96 bits per heavy atom. The summed E-state index contributed by atoms with van der Waals surface area (Å²) in [6, 6.07) is 10.3. The highest BCUT2D eigenvalue weighted by Gasteiger charge is 2.48. The zero-order valence-corrected chi connectivity index (χ0v) is 18.2. The average molecular weight is 385 g/mol. The molecule has 2 atom stereocenters. The van der Waals surface area contributed by atoms with E-state index in [9.17, 15) is 4.79 Å². The molecule has 0 radical (unpaired) electrons. The fourth-order valence-corrected chi connectivity index (χ4v) is 4.67. The van der Waals surface area contributed by atoms with Crippen molar-refractivity contribution in [1.29, 1.82) is 0 Å². The van der Waals surface area contributed by atoms with Gasteiger partial charge in [-0.15, -0.1) is 0 Å². The Labute approximate surface area is 164 Å². The van der Waals surface area contributed by atoms with E-state index in [0.29, 0.717) is 19.6 Å². The van der Waals surface area contributed by atoms with Crippen molar-refractivity contribution >= 4 is 20.2 Å². The molecule has 27 heavy (non-hydrogen) atoms. The fraction of sp³-hybridized carbons (Fsp3) is 0.522. The number of allylic oxidation sites excluding steroid dienone is 1. The monoisotopic (exact) mass is 384 g/mol. The van der Waals surface area contributed by atoms with Crippen LogP contribution in [0, 0.1) is 5.92 Å². The van der Waals surface area contributed by atoms with E-state index >= 15 is 0 Å². The van der Waals surface area contributed by atoms with Crippen LogP contribution in [0.2, 0.25) is 18.1 Å². The van der Waals surface area contributed by atoms with Crippen LogP contribution in [0.5, 0.6) is 0 Å². The first-order valence-corrected chi connectivity index (χ1v) is 12.8. The van der Waals surface area contributed by atoms with Crippen molar-refractivity contribution in [3.8, 4) is 0 Å². The van der Waals surface area contributed by atoms with Crippen LogP contribution in [0.3, 0.4) is 0 Å². The SMILES string of the molecule is CC(C)(C)[Si](C)(C)OCC[C@]12C=CC(=O)C[C@H]1/C(=C/c1ccccc1)CO2.